The van der Waals surface area contributed by atoms with Crippen LogP contribution in [0.2, 0.25) is 5.02 Å². The van der Waals surface area contributed by atoms with E-state index in [2.05, 4.69) is 0 Å². The van der Waals surface area contributed by atoms with Crippen molar-refractivity contribution in [1.29, 1.82) is 0 Å². The van der Waals surface area contributed by atoms with Crippen molar-refractivity contribution in [3.05, 3.63) is 52.5 Å². The van der Waals surface area contributed by atoms with E-state index in [4.69, 9.17) is 20.5 Å². The third-order valence-corrected chi connectivity index (χ3v) is 5.03. The first kappa shape index (κ1) is 19.5. The van der Waals surface area contributed by atoms with Crippen LogP contribution in [0.5, 0.6) is 11.5 Å². The molecule has 6 nitrogen and oxygen atoms in total. The Morgan fingerprint density at radius 2 is 1.84 bits per heavy atom. The number of phenolic OH excluding ortho intramolecular Hbond substituents is 1. The highest BCUT2D eigenvalue weighted by atomic mass is 35.5. The van der Waals surface area contributed by atoms with Gasteiger partial charge in [0.05, 0.1) is 24.7 Å². The van der Waals surface area contributed by atoms with Gasteiger partial charge in [0.15, 0.2) is 11.5 Å². The van der Waals surface area contributed by atoms with Crippen LogP contribution in [0, 0.1) is 6.92 Å². The first-order chi connectivity index (χ1) is 11.7. The minimum Gasteiger partial charge on any atom is -0.504 e. The molecule has 0 spiro atoms. The molecule has 0 aliphatic carbocycles. The number of aliphatic hydroxyl groups excluding tert-OH is 1. The summed E-state index contributed by atoms with van der Waals surface area (Å²) in [6, 6.07) is 9.09. The molecule has 0 amide bonds. The number of hydrogen-bond donors (Lipinski definition) is 2. The van der Waals surface area contributed by atoms with Crippen LogP contribution in [0.1, 0.15) is 11.1 Å². The Morgan fingerprint density at radius 3 is 2.44 bits per heavy atom. The van der Waals surface area contributed by atoms with E-state index in [0.29, 0.717) is 10.6 Å². The van der Waals surface area contributed by atoms with Crippen LogP contribution < -0.4 is 4.74 Å². The molecular weight excluding hydrogens is 368 g/mol. The van der Waals surface area contributed by atoms with E-state index in [9.17, 15) is 18.6 Å². The fraction of sp³-hybridized carbons (Fsp3) is 0.294. The van der Waals surface area contributed by atoms with E-state index in [1.165, 1.54) is 31.4 Å². The van der Waals surface area contributed by atoms with Crippen molar-refractivity contribution in [2.45, 2.75) is 24.3 Å². The molecule has 0 aromatic heterocycles. The topological polar surface area (TPSA) is 93.1 Å². The maximum Gasteiger partial charge on any atom is 0.297 e. The first-order valence-corrected chi connectivity index (χ1v) is 9.21. The lowest BCUT2D eigenvalue weighted by molar-refractivity contribution is 0.110. The number of rotatable bonds is 7. The Bertz CT molecular complexity index is 833. The van der Waals surface area contributed by atoms with Gasteiger partial charge in [-0.15, -0.1) is 0 Å². The van der Waals surface area contributed by atoms with E-state index < -0.39 is 22.8 Å². The van der Waals surface area contributed by atoms with Crippen LogP contribution >= 0.6 is 11.6 Å². The molecule has 0 fully saturated rings. The van der Waals surface area contributed by atoms with Gasteiger partial charge in [0.2, 0.25) is 0 Å². The smallest absolute Gasteiger partial charge is 0.297 e. The van der Waals surface area contributed by atoms with Crippen molar-refractivity contribution < 1.29 is 27.6 Å². The number of ether oxygens (including phenoxy) is 1. The van der Waals surface area contributed by atoms with E-state index in [1.807, 2.05) is 6.92 Å². The summed E-state index contributed by atoms with van der Waals surface area (Å²) in [7, 11) is -2.59. The molecule has 0 bridgehead atoms. The Hall–Kier alpha value is -1.80. The van der Waals surface area contributed by atoms with Gasteiger partial charge in [-0.2, -0.15) is 8.42 Å². The van der Waals surface area contributed by atoms with Crippen LogP contribution in [0.15, 0.2) is 41.3 Å². The maximum atomic E-state index is 12.1. The fourth-order valence-corrected chi connectivity index (χ4v) is 3.37. The van der Waals surface area contributed by atoms with E-state index in [0.717, 1.165) is 5.56 Å². The minimum absolute atomic E-state index is 0.0116. The quantitative estimate of drug-likeness (QED) is 0.710. The van der Waals surface area contributed by atoms with Crippen molar-refractivity contribution in [1.82, 2.24) is 0 Å². The second-order valence-corrected chi connectivity index (χ2v) is 7.58. The number of aliphatic hydroxyl groups is 1. The summed E-state index contributed by atoms with van der Waals surface area (Å²) in [5, 5.41) is 20.4. The van der Waals surface area contributed by atoms with Gasteiger partial charge in [0.25, 0.3) is 10.1 Å². The summed E-state index contributed by atoms with van der Waals surface area (Å²) in [5.41, 5.74) is 1.25. The van der Waals surface area contributed by atoms with Crippen molar-refractivity contribution in [2.75, 3.05) is 13.7 Å². The average Bonchev–Trinajstić information content (AvgIpc) is 2.56. The number of phenols is 1. The predicted octanol–water partition coefficient (Wildman–Crippen LogP) is 2.67. The van der Waals surface area contributed by atoms with E-state index >= 15 is 0 Å². The molecular formula is C17H19ClO6S. The lowest BCUT2D eigenvalue weighted by Crippen LogP contribution is -2.21. The molecule has 2 N–H and O–H groups in total. The first-order valence-electron chi connectivity index (χ1n) is 7.42. The zero-order valence-electron chi connectivity index (χ0n) is 13.8. The molecule has 0 saturated carbocycles. The molecule has 0 aliphatic rings. The third kappa shape index (κ3) is 5.09. The highest BCUT2D eigenvalue weighted by Gasteiger charge is 2.19. The maximum absolute atomic E-state index is 12.1. The normalized spacial score (nSPS) is 12.8. The second-order valence-electron chi connectivity index (χ2n) is 5.53. The number of halogens is 1. The number of aryl methyl sites for hydroxylation is 1. The Kier molecular flexibility index (Phi) is 6.29. The van der Waals surface area contributed by atoms with Gasteiger partial charge in [-0.05, 0) is 25.1 Å². The molecule has 0 aliphatic heterocycles. The van der Waals surface area contributed by atoms with Crippen LogP contribution in [-0.2, 0) is 20.7 Å². The van der Waals surface area contributed by atoms with Crippen molar-refractivity contribution >= 4 is 21.7 Å². The monoisotopic (exact) mass is 386 g/mol. The lowest BCUT2D eigenvalue weighted by atomic mass is 10.1. The van der Waals surface area contributed by atoms with E-state index in [1.54, 1.807) is 12.1 Å². The molecule has 2 aromatic rings. The Morgan fingerprint density at radius 1 is 1.20 bits per heavy atom. The predicted molar refractivity (Wildman–Crippen MR) is 93.7 cm³/mol. The van der Waals surface area contributed by atoms with Crippen molar-refractivity contribution in [3.63, 3.8) is 0 Å². The average molecular weight is 387 g/mol. The van der Waals surface area contributed by atoms with Crippen LogP contribution in [0.3, 0.4) is 0 Å². The second kappa shape index (κ2) is 8.05. The Balaban J connectivity index is 2.05. The zero-order chi connectivity index (χ0) is 18.6. The van der Waals surface area contributed by atoms with Crippen LogP contribution in [-0.4, -0.2) is 38.5 Å². The number of benzene rings is 2. The fourth-order valence-electron chi connectivity index (χ4n) is 2.19. The molecule has 0 radical (unpaired) electrons. The highest BCUT2D eigenvalue weighted by molar-refractivity contribution is 7.86. The summed E-state index contributed by atoms with van der Waals surface area (Å²) in [6.45, 7) is 1.39. The summed E-state index contributed by atoms with van der Waals surface area (Å²) in [6.07, 6.45) is -1.21. The van der Waals surface area contributed by atoms with Gasteiger partial charge in [-0.1, -0.05) is 29.3 Å². The van der Waals surface area contributed by atoms with Crippen molar-refractivity contribution in [3.8, 4) is 11.5 Å². The zero-order valence-corrected chi connectivity index (χ0v) is 15.3. The standard InChI is InChI=1S/C17H19ClO6S/c1-11-3-5-15(6-4-11)25(21,22)24-10-14(19)8-12-7-13(18)9-16(23-2)17(12)20/h3-7,9,14,19-20H,8,10H2,1-2H3. The number of methoxy groups -OCH3 is 1. The molecule has 25 heavy (non-hydrogen) atoms. The van der Waals surface area contributed by atoms with E-state index in [-0.39, 0.29) is 22.8 Å². The largest absolute Gasteiger partial charge is 0.504 e. The summed E-state index contributed by atoms with van der Waals surface area (Å²) in [4.78, 5) is 0.0116. The Labute approximate surface area is 151 Å². The van der Waals surface area contributed by atoms with Gasteiger partial charge in [0, 0.05) is 23.1 Å². The van der Waals surface area contributed by atoms with Gasteiger partial charge in [-0.25, -0.2) is 0 Å². The molecule has 2 aromatic carbocycles. The molecule has 1 atom stereocenters. The van der Waals surface area contributed by atoms with Crippen molar-refractivity contribution in [2.24, 2.45) is 0 Å². The summed E-state index contributed by atoms with van der Waals surface area (Å²) in [5.74, 6) is 0.00948. The summed E-state index contributed by atoms with van der Waals surface area (Å²) < 4.78 is 34.1. The van der Waals surface area contributed by atoms with Gasteiger partial charge in [-0.3, -0.25) is 4.18 Å². The van der Waals surface area contributed by atoms with Gasteiger partial charge < -0.3 is 14.9 Å². The summed E-state index contributed by atoms with van der Waals surface area (Å²) >= 11 is 5.93. The molecule has 8 heteroatoms. The molecule has 1 unspecified atom stereocenters. The highest BCUT2D eigenvalue weighted by Crippen LogP contribution is 2.34. The molecule has 0 saturated heterocycles. The molecule has 136 valence electrons. The van der Waals surface area contributed by atoms with Gasteiger partial charge in [0.1, 0.15) is 0 Å². The molecule has 0 heterocycles. The molecule has 2 rings (SSSR count). The van der Waals surface area contributed by atoms with Gasteiger partial charge >= 0.3 is 0 Å². The third-order valence-electron chi connectivity index (χ3n) is 3.52. The lowest BCUT2D eigenvalue weighted by Gasteiger charge is -2.14. The number of aromatic hydroxyl groups is 1. The SMILES string of the molecule is COc1cc(Cl)cc(CC(O)COS(=O)(=O)c2ccc(C)cc2)c1O. The van der Waals surface area contributed by atoms with Crippen LogP contribution in [0.4, 0.5) is 0 Å². The minimum atomic E-state index is -3.97. The number of hydrogen-bond acceptors (Lipinski definition) is 6. The van der Waals surface area contributed by atoms with Crippen LogP contribution in [0.25, 0.3) is 0 Å².